The van der Waals surface area contributed by atoms with Gasteiger partial charge in [0.05, 0.1) is 34.3 Å². The van der Waals surface area contributed by atoms with E-state index in [1.165, 1.54) is 6.07 Å². The van der Waals surface area contributed by atoms with E-state index in [1.807, 2.05) is 14.0 Å². The SMILES string of the molecule is CCOC(=O)c1cc(N)cc(Cl)c1Nc1cn(C)nc1C. The molecular formula is C14H17ClN4O2. The molecule has 6 nitrogen and oxygen atoms in total. The van der Waals surface area contributed by atoms with Gasteiger partial charge in [-0.1, -0.05) is 11.6 Å². The standard InChI is InChI=1S/C14H17ClN4O2/c1-4-21-14(20)10-5-9(16)6-11(15)13(10)17-12-7-19(3)18-8(12)2/h5-7,17H,4,16H2,1-3H3. The zero-order valence-electron chi connectivity index (χ0n) is 12.1. The number of nitrogens with two attached hydrogens (primary N) is 1. The third kappa shape index (κ3) is 3.28. The minimum Gasteiger partial charge on any atom is -0.462 e. The lowest BCUT2D eigenvalue weighted by Gasteiger charge is -2.13. The minimum absolute atomic E-state index is 0.274. The average Bonchev–Trinajstić information content (AvgIpc) is 2.71. The van der Waals surface area contributed by atoms with Gasteiger partial charge in [-0.3, -0.25) is 4.68 Å². The van der Waals surface area contributed by atoms with Gasteiger partial charge in [-0.05, 0) is 26.0 Å². The Labute approximate surface area is 127 Å². The van der Waals surface area contributed by atoms with Gasteiger partial charge in [0.2, 0.25) is 0 Å². The maximum atomic E-state index is 12.1. The number of nitrogens with zero attached hydrogens (tertiary/aromatic N) is 2. The van der Waals surface area contributed by atoms with Crippen molar-refractivity contribution in [2.75, 3.05) is 17.7 Å². The molecule has 1 aromatic heterocycles. The van der Waals surface area contributed by atoms with Crippen LogP contribution in [0.2, 0.25) is 5.02 Å². The molecule has 0 spiro atoms. The lowest BCUT2D eigenvalue weighted by atomic mass is 10.1. The van der Waals surface area contributed by atoms with Crippen LogP contribution in [0.1, 0.15) is 23.0 Å². The second-order valence-corrected chi connectivity index (χ2v) is 4.98. The van der Waals surface area contributed by atoms with Gasteiger partial charge in [-0.25, -0.2) is 4.79 Å². The number of carbonyl (C=O) groups excluding carboxylic acids is 1. The summed E-state index contributed by atoms with van der Waals surface area (Å²) in [6, 6.07) is 3.12. The van der Waals surface area contributed by atoms with Gasteiger partial charge in [0.1, 0.15) is 0 Å². The van der Waals surface area contributed by atoms with Crippen molar-refractivity contribution in [1.29, 1.82) is 0 Å². The lowest BCUT2D eigenvalue weighted by Crippen LogP contribution is -2.09. The molecule has 21 heavy (non-hydrogen) atoms. The van der Waals surface area contributed by atoms with E-state index in [0.717, 1.165) is 11.4 Å². The first-order valence-electron chi connectivity index (χ1n) is 6.45. The summed E-state index contributed by atoms with van der Waals surface area (Å²) < 4.78 is 6.71. The first-order chi connectivity index (χ1) is 9.92. The fraction of sp³-hybridized carbons (Fsp3) is 0.286. The molecule has 2 rings (SSSR count). The van der Waals surface area contributed by atoms with Crippen molar-refractivity contribution in [3.8, 4) is 0 Å². The zero-order valence-corrected chi connectivity index (χ0v) is 12.9. The van der Waals surface area contributed by atoms with Crippen molar-refractivity contribution >= 4 is 34.6 Å². The van der Waals surface area contributed by atoms with Gasteiger partial charge in [-0.2, -0.15) is 5.10 Å². The second kappa shape index (κ2) is 6.05. The molecule has 1 heterocycles. The number of carbonyl (C=O) groups is 1. The Morgan fingerprint density at radius 2 is 2.24 bits per heavy atom. The number of nitrogen functional groups attached to an aromatic ring is 1. The summed E-state index contributed by atoms with van der Waals surface area (Å²) in [5.74, 6) is -0.476. The zero-order chi connectivity index (χ0) is 15.6. The topological polar surface area (TPSA) is 82.2 Å². The number of aryl methyl sites for hydroxylation is 2. The van der Waals surface area contributed by atoms with Gasteiger partial charge < -0.3 is 15.8 Å². The van der Waals surface area contributed by atoms with Crippen LogP contribution in [0.15, 0.2) is 18.3 Å². The van der Waals surface area contributed by atoms with E-state index >= 15 is 0 Å². The number of hydrogen-bond donors (Lipinski definition) is 2. The van der Waals surface area contributed by atoms with Crippen LogP contribution in [0.3, 0.4) is 0 Å². The van der Waals surface area contributed by atoms with Gasteiger partial charge in [0.15, 0.2) is 0 Å². The Hall–Kier alpha value is -2.21. The molecule has 3 N–H and O–H groups in total. The van der Waals surface area contributed by atoms with Crippen LogP contribution in [0.4, 0.5) is 17.1 Å². The summed E-state index contributed by atoms with van der Waals surface area (Å²) in [5.41, 5.74) is 8.46. The van der Waals surface area contributed by atoms with Crippen molar-refractivity contribution in [3.05, 3.63) is 34.6 Å². The molecule has 112 valence electrons. The summed E-state index contributed by atoms with van der Waals surface area (Å²) in [4.78, 5) is 12.1. The smallest absolute Gasteiger partial charge is 0.340 e. The summed E-state index contributed by atoms with van der Waals surface area (Å²) in [5, 5.41) is 7.71. The molecule has 0 bridgehead atoms. The third-order valence-electron chi connectivity index (χ3n) is 2.88. The number of hydrogen-bond acceptors (Lipinski definition) is 5. The fourth-order valence-electron chi connectivity index (χ4n) is 1.98. The Kier molecular flexibility index (Phi) is 4.37. The quantitative estimate of drug-likeness (QED) is 0.670. The molecular weight excluding hydrogens is 292 g/mol. The van der Waals surface area contributed by atoms with E-state index in [1.54, 1.807) is 23.9 Å². The summed E-state index contributed by atoms with van der Waals surface area (Å²) in [6.45, 7) is 3.87. The molecule has 0 aliphatic rings. The Morgan fingerprint density at radius 1 is 1.52 bits per heavy atom. The highest BCUT2D eigenvalue weighted by molar-refractivity contribution is 6.34. The molecule has 0 fully saturated rings. The number of ether oxygens (including phenoxy) is 1. The predicted molar refractivity (Wildman–Crippen MR) is 83.0 cm³/mol. The monoisotopic (exact) mass is 308 g/mol. The fourth-order valence-corrected chi connectivity index (χ4v) is 2.26. The van der Waals surface area contributed by atoms with E-state index in [0.29, 0.717) is 22.0 Å². The average molecular weight is 309 g/mol. The Balaban J connectivity index is 2.46. The van der Waals surface area contributed by atoms with Crippen LogP contribution in [0.5, 0.6) is 0 Å². The van der Waals surface area contributed by atoms with Crippen LogP contribution < -0.4 is 11.1 Å². The van der Waals surface area contributed by atoms with Crippen LogP contribution in [0, 0.1) is 6.92 Å². The highest BCUT2D eigenvalue weighted by Gasteiger charge is 2.18. The summed E-state index contributed by atoms with van der Waals surface area (Å²) in [6.07, 6.45) is 1.80. The number of benzene rings is 1. The van der Waals surface area contributed by atoms with Gasteiger partial charge >= 0.3 is 5.97 Å². The molecule has 7 heteroatoms. The van der Waals surface area contributed by atoms with Crippen molar-refractivity contribution in [3.63, 3.8) is 0 Å². The third-order valence-corrected chi connectivity index (χ3v) is 3.18. The molecule has 0 aliphatic carbocycles. The molecule has 0 aliphatic heterocycles. The van der Waals surface area contributed by atoms with Crippen LogP contribution in [-0.4, -0.2) is 22.4 Å². The summed E-state index contributed by atoms with van der Waals surface area (Å²) >= 11 is 6.21. The van der Waals surface area contributed by atoms with Crippen molar-refractivity contribution in [2.45, 2.75) is 13.8 Å². The molecule has 2 aromatic rings. The molecule has 0 unspecified atom stereocenters. The summed E-state index contributed by atoms with van der Waals surface area (Å²) in [7, 11) is 1.81. The molecule has 0 radical (unpaired) electrons. The van der Waals surface area contributed by atoms with Crippen molar-refractivity contribution < 1.29 is 9.53 Å². The maximum absolute atomic E-state index is 12.1. The molecule has 0 saturated heterocycles. The molecule has 1 aromatic carbocycles. The number of nitrogens with one attached hydrogen (secondary N) is 1. The highest BCUT2D eigenvalue weighted by atomic mass is 35.5. The molecule has 0 amide bonds. The lowest BCUT2D eigenvalue weighted by molar-refractivity contribution is 0.0527. The van der Waals surface area contributed by atoms with Gasteiger partial charge in [0.25, 0.3) is 0 Å². The van der Waals surface area contributed by atoms with E-state index < -0.39 is 5.97 Å². The van der Waals surface area contributed by atoms with Crippen molar-refractivity contribution in [1.82, 2.24) is 9.78 Å². The Bertz CT molecular complexity index is 682. The normalized spacial score (nSPS) is 10.5. The van der Waals surface area contributed by atoms with Crippen LogP contribution in [-0.2, 0) is 11.8 Å². The first-order valence-corrected chi connectivity index (χ1v) is 6.83. The van der Waals surface area contributed by atoms with E-state index in [-0.39, 0.29) is 6.61 Å². The highest BCUT2D eigenvalue weighted by Crippen LogP contribution is 2.33. The van der Waals surface area contributed by atoms with E-state index in [2.05, 4.69) is 10.4 Å². The number of halogens is 1. The second-order valence-electron chi connectivity index (χ2n) is 4.57. The molecule has 0 atom stereocenters. The minimum atomic E-state index is -0.476. The van der Waals surface area contributed by atoms with Crippen molar-refractivity contribution in [2.24, 2.45) is 7.05 Å². The number of esters is 1. The number of rotatable bonds is 4. The van der Waals surface area contributed by atoms with Crippen LogP contribution >= 0.6 is 11.6 Å². The number of aromatic nitrogens is 2. The van der Waals surface area contributed by atoms with E-state index in [9.17, 15) is 4.79 Å². The predicted octanol–water partition coefficient (Wildman–Crippen LogP) is 2.88. The van der Waals surface area contributed by atoms with Gasteiger partial charge in [0, 0.05) is 18.9 Å². The van der Waals surface area contributed by atoms with E-state index in [4.69, 9.17) is 22.1 Å². The van der Waals surface area contributed by atoms with Gasteiger partial charge in [-0.15, -0.1) is 0 Å². The molecule has 0 saturated carbocycles. The maximum Gasteiger partial charge on any atom is 0.340 e. The largest absolute Gasteiger partial charge is 0.462 e. The Morgan fingerprint density at radius 3 is 2.81 bits per heavy atom. The van der Waals surface area contributed by atoms with Crippen LogP contribution in [0.25, 0.3) is 0 Å². The number of anilines is 3. The first kappa shape index (κ1) is 15.2.